The maximum atomic E-state index is 12.9. The molecule has 1 saturated heterocycles. The van der Waals surface area contributed by atoms with Crippen molar-refractivity contribution in [2.24, 2.45) is 5.92 Å². The molecule has 1 aromatic heterocycles. The monoisotopic (exact) mass is 436 g/mol. The molecule has 7 heteroatoms. The van der Waals surface area contributed by atoms with Crippen molar-refractivity contribution in [3.63, 3.8) is 0 Å². The number of hydrogen-bond donors (Lipinski definition) is 1. The largest absolute Gasteiger partial charge is 0.495 e. The number of methoxy groups -OCH3 is 1. The minimum Gasteiger partial charge on any atom is -0.495 e. The van der Waals surface area contributed by atoms with E-state index in [2.05, 4.69) is 15.3 Å². The Kier molecular flexibility index (Phi) is 7.02. The van der Waals surface area contributed by atoms with E-state index in [1.807, 2.05) is 24.0 Å². The molecule has 2 heterocycles. The molecule has 1 aliphatic heterocycles. The SMILES string of the molecule is COc1ccccc1NC(=O)c1cnc(C2CCCN2C(=O)CCC2CCCC2)nc1C. The number of amides is 2. The molecule has 1 N–H and O–H groups in total. The van der Waals surface area contributed by atoms with Crippen LogP contribution in [0.5, 0.6) is 5.75 Å². The molecule has 1 saturated carbocycles. The number of nitrogens with zero attached hydrogens (tertiary/aromatic N) is 3. The predicted molar refractivity (Wildman–Crippen MR) is 123 cm³/mol. The maximum absolute atomic E-state index is 12.9. The third-order valence-electron chi connectivity index (χ3n) is 6.71. The molecule has 1 aromatic carbocycles. The fourth-order valence-corrected chi connectivity index (χ4v) is 4.91. The molecular formula is C25H32N4O3. The fourth-order valence-electron chi connectivity index (χ4n) is 4.91. The molecule has 7 nitrogen and oxygen atoms in total. The summed E-state index contributed by atoms with van der Waals surface area (Å²) >= 11 is 0. The Morgan fingerprint density at radius 2 is 1.94 bits per heavy atom. The van der Waals surface area contributed by atoms with Gasteiger partial charge in [-0.3, -0.25) is 9.59 Å². The minimum atomic E-state index is -0.283. The summed E-state index contributed by atoms with van der Waals surface area (Å²) in [5.41, 5.74) is 1.61. The van der Waals surface area contributed by atoms with Crippen LogP contribution in [0.25, 0.3) is 0 Å². The number of hydrogen-bond acceptors (Lipinski definition) is 5. The van der Waals surface area contributed by atoms with Gasteiger partial charge in [-0.05, 0) is 44.2 Å². The first-order valence-electron chi connectivity index (χ1n) is 11.6. The second-order valence-corrected chi connectivity index (χ2v) is 8.82. The van der Waals surface area contributed by atoms with Crippen molar-refractivity contribution >= 4 is 17.5 Å². The zero-order chi connectivity index (χ0) is 22.5. The molecule has 0 radical (unpaired) electrons. The Labute approximate surface area is 189 Å². The van der Waals surface area contributed by atoms with Gasteiger partial charge in [0, 0.05) is 19.2 Å². The quantitative estimate of drug-likeness (QED) is 0.681. The van der Waals surface area contributed by atoms with E-state index in [0.717, 1.165) is 25.8 Å². The van der Waals surface area contributed by atoms with Crippen LogP contribution >= 0.6 is 0 Å². The van der Waals surface area contributed by atoms with E-state index in [0.29, 0.717) is 40.9 Å². The molecule has 2 aromatic rings. The molecule has 0 bridgehead atoms. The number of carbonyl (C=O) groups is 2. The van der Waals surface area contributed by atoms with Gasteiger partial charge in [0.05, 0.1) is 30.1 Å². The Morgan fingerprint density at radius 3 is 2.69 bits per heavy atom. The van der Waals surface area contributed by atoms with Crippen LogP contribution in [0.1, 0.15) is 79.3 Å². The average molecular weight is 437 g/mol. The lowest BCUT2D eigenvalue weighted by atomic mass is 10.0. The standard InChI is InChI=1S/C25H32N4O3/c1-17-19(25(31)28-20-10-5-6-12-22(20)32-2)16-26-24(27-17)21-11-7-15-29(21)23(30)14-13-18-8-3-4-9-18/h5-6,10,12,16,18,21H,3-4,7-9,11,13-15H2,1-2H3,(H,28,31). The normalized spacial score (nSPS) is 18.7. The van der Waals surface area contributed by atoms with E-state index in [4.69, 9.17) is 4.74 Å². The second kappa shape index (κ2) is 10.1. The van der Waals surface area contributed by atoms with Crippen molar-refractivity contribution in [3.05, 3.63) is 47.5 Å². The molecule has 170 valence electrons. The average Bonchev–Trinajstić information content (AvgIpc) is 3.50. The molecule has 2 amide bonds. The number of para-hydroxylation sites is 2. The highest BCUT2D eigenvalue weighted by molar-refractivity contribution is 6.05. The molecule has 0 spiro atoms. The van der Waals surface area contributed by atoms with Crippen molar-refractivity contribution in [1.29, 1.82) is 0 Å². The topological polar surface area (TPSA) is 84.4 Å². The number of aromatic nitrogens is 2. The van der Waals surface area contributed by atoms with E-state index in [1.165, 1.54) is 25.7 Å². The lowest BCUT2D eigenvalue weighted by Gasteiger charge is -2.24. The molecule has 32 heavy (non-hydrogen) atoms. The molecule has 4 rings (SSSR count). The van der Waals surface area contributed by atoms with Crippen molar-refractivity contribution in [3.8, 4) is 5.75 Å². The Balaban J connectivity index is 1.43. The zero-order valence-electron chi connectivity index (χ0n) is 19.0. The van der Waals surface area contributed by atoms with Crippen molar-refractivity contribution in [2.75, 3.05) is 19.0 Å². The summed E-state index contributed by atoms with van der Waals surface area (Å²) in [5.74, 6) is 1.85. The predicted octanol–water partition coefficient (Wildman–Crippen LogP) is 4.68. The summed E-state index contributed by atoms with van der Waals surface area (Å²) in [4.78, 5) is 36.8. The van der Waals surface area contributed by atoms with Crippen LogP contribution < -0.4 is 10.1 Å². The first-order chi connectivity index (χ1) is 15.6. The Bertz CT molecular complexity index is 971. The van der Waals surface area contributed by atoms with E-state index < -0.39 is 0 Å². The van der Waals surface area contributed by atoms with Crippen LogP contribution in [0.15, 0.2) is 30.5 Å². The summed E-state index contributed by atoms with van der Waals surface area (Å²) in [6, 6.07) is 7.16. The third kappa shape index (κ3) is 4.92. The number of carbonyl (C=O) groups excluding carboxylic acids is 2. The van der Waals surface area contributed by atoms with Gasteiger partial charge in [-0.25, -0.2) is 9.97 Å². The van der Waals surface area contributed by atoms with Crippen LogP contribution in [-0.2, 0) is 4.79 Å². The molecule has 2 aliphatic rings. The van der Waals surface area contributed by atoms with Crippen molar-refractivity contribution < 1.29 is 14.3 Å². The minimum absolute atomic E-state index is 0.101. The van der Waals surface area contributed by atoms with Crippen LogP contribution in [0.2, 0.25) is 0 Å². The van der Waals surface area contributed by atoms with Crippen LogP contribution in [-0.4, -0.2) is 40.3 Å². The van der Waals surface area contributed by atoms with Crippen LogP contribution in [0.3, 0.4) is 0 Å². The molecular weight excluding hydrogens is 404 g/mol. The maximum Gasteiger partial charge on any atom is 0.259 e. The summed E-state index contributed by atoms with van der Waals surface area (Å²) in [5, 5.41) is 2.87. The number of likely N-dealkylation sites (tertiary alicyclic amines) is 1. The number of anilines is 1. The second-order valence-electron chi connectivity index (χ2n) is 8.82. The van der Waals surface area contributed by atoms with Gasteiger partial charge in [-0.15, -0.1) is 0 Å². The van der Waals surface area contributed by atoms with Gasteiger partial charge in [-0.1, -0.05) is 37.8 Å². The van der Waals surface area contributed by atoms with Gasteiger partial charge in [0.25, 0.3) is 5.91 Å². The van der Waals surface area contributed by atoms with E-state index in [-0.39, 0.29) is 17.9 Å². The molecule has 2 fully saturated rings. The third-order valence-corrected chi connectivity index (χ3v) is 6.71. The first kappa shape index (κ1) is 22.2. The number of benzene rings is 1. The summed E-state index contributed by atoms with van der Waals surface area (Å²) in [6.07, 6.45) is 10.1. The van der Waals surface area contributed by atoms with Crippen LogP contribution in [0, 0.1) is 12.8 Å². The van der Waals surface area contributed by atoms with E-state index in [1.54, 1.807) is 25.4 Å². The fraction of sp³-hybridized carbons (Fsp3) is 0.520. The number of ether oxygens (including phenoxy) is 1. The smallest absolute Gasteiger partial charge is 0.259 e. The zero-order valence-corrected chi connectivity index (χ0v) is 19.0. The summed E-state index contributed by atoms with van der Waals surface area (Å²) in [7, 11) is 1.57. The highest BCUT2D eigenvalue weighted by Gasteiger charge is 2.32. The van der Waals surface area contributed by atoms with Gasteiger partial charge in [0.2, 0.25) is 5.91 Å². The number of nitrogens with one attached hydrogen (secondary N) is 1. The van der Waals surface area contributed by atoms with Gasteiger partial charge in [-0.2, -0.15) is 0 Å². The Hall–Kier alpha value is -2.96. The van der Waals surface area contributed by atoms with Gasteiger partial charge in [0.15, 0.2) is 5.82 Å². The van der Waals surface area contributed by atoms with Gasteiger partial charge in [0.1, 0.15) is 5.75 Å². The lowest BCUT2D eigenvalue weighted by molar-refractivity contribution is -0.132. The van der Waals surface area contributed by atoms with Crippen molar-refractivity contribution in [1.82, 2.24) is 14.9 Å². The van der Waals surface area contributed by atoms with Crippen LogP contribution in [0.4, 0.5) is 5.69 Å². The summed E-state index contributed by atoms with van der Waals surface area (Å²) in [6.45, 7) is 2.57. The number of rotatable bonds is 7. The van der Waals surface area contributed by atoms with Gasteiger partial charge < -0.3 is 15.0 Å². The number of aryl methyl sites for hydroxylation is 1. The van der Waals surface area contributed by atoms with Gasteiger partial charge >= 0.3 is 0 Å². The molecule has 1 aliphatic carbocycles. The highest BCUT2D eigenvalue weighted by atomic mass is 16.5. The molecule has 1 atom stereocenters. The summed E-state index contributed by atoms with van der Waals surface area (Å²) < 4.78 is 5.30. The highest BCUT2D eigenvalue weighted by Crippen LogP contribution is 2.33. The first-order valence-corrected chi connectivity index (χ1v) is 11.6. The van der Waals surface area contributed by atoms with E-state index >= 15 is 0 Å². The molecule has 1 unspecified atom stereocenters. The lowest BCUT2D eigenvalue weighted by Crippen LogP contribution is -2.32. The van der Waals surface area contributed by atoms with Crippen molar-refractivity contribution in [2.45, 2.75) is 64.3 Å². The van der Waals surface area contributed by atoms with E-state index in [9.17, 15) is 9.59 Å². The Morgan fingerprint density at radius 1 is 1.16 bits per heavy atom.